The summed E-state index contributed by atoms with van der Waals surface area (Å²) in [5.41, 5.74) is -0.0945. The molecule has 1 atom stereocenters. The third-order valence-electron chi connectivity index (χ3n) is 3.90. The Balaban J connectivity index is 2.15. The molecule has 0 aromatic heterocycles. The zero-order valence-electron chi connectivity index (χ0n) is 12.1. The number of nitrogens with one attached hydrogen (secondary N) is 1. The Morgan fingerprint density at radius 3 is 2.55 bits per heavy atom. The van der Waals surface area contributed by atoms with Gasteiger partial charge in [0, 0.05) is 17.5 Å². The molecule has 22 heavy (non-hydrogen) atoms. The number of hydrogen-bond donors (Lipinski definition) is 1. The second-order valence-electron chi connectivity index (χ2n) is 5.44. The van der Waals surface area contributed by atoms with Crippen molar-refractivity contribution >= 4 is 5.78 Å². The third-order valence-corrected chi connectivity index (χ3v) is 3.90. The topological polar surface area (TPSA) is 38.3 Å². The van der Waals surface area contributed by atoms with Crippen molar-refractivity contribution in [3.05, 3.63) is 42.5 Å². The van der Waals surface area contributed by atoms with Gasteiger partial charge in [-0.05, 0) is 50.1 Å². The molecular formula is C16H18F3NO2. The molecule has 0 bridgehead atoms. The Labute approximate surface area is 127 Å². The van der Waals surface area contributed by atoms with E-state index in [2.05, 4.69) is 16.6 Å². The lowest BCUT2D eigenvalue weighted by molar-refractivity contribution is -0.274. The molecule has 0 aliphatic carbocycles. The summed E-state index contributed by atoms with van der Waals surface area (Å²) < 4.78 is 40.2. The van der Waals surface area contributed by atoms with Crippen molar-refractivity contribution in [2.24, 2.45) is 5.41 Å². The second kappa shape index (κ2) is 6.52. The maximum atomic E-state index is 12.7. The van der Waals surface area contributed by atoms with Gasteiger partial charge in [0.05, 0.1) is 0 Å². The molecule has 1 heterocycles. The predicted octanol–water partition coefficient (Wildman–Crippen LogP) is 3.71. The molecule has 1 aromatic carbocycles. The van der Waals surface area contributed by atoms with Crippen LogP contribution in [-0.2, 0) is 0 Å². The van der Waals surface area contributed by atoms with Crippen molar-refractivity contribution in [2.45, 2.75) is 25.6 Å². The molecule has 0 radical (unpaired) electrons. The van der Waals surface area contributed by atoms with Gasteiger partial charge in [-0.2, -0.15) is 0 Å². The van der Waals surface area contributed by atoms with Crippen LogP contribution in [0.2, 0.25) is 0 Å². The van der Waals surface area contributed by atoms with Crippen molar-refractivity contribution in [2.75, 3.05) is 13.1 Å². The predicted molar refractivity (Wildman–Crippen MR) is 76.8 cm³/mol. The van der Waals surface area contributed by atoms with Gasteiger partial charge in [0.1, 0.15) is 5.75 Å². The number of carbonyl (C=O) groups is 1. The lowest BCUT2D eigenvalue weighted by Crippen LogP contribution is -2.33. The van der Waals surface area contributed by atoms with E-state index in [4.69, 9.17) is 0 Å². The molecule has 2 rings (SSSR count). The number of ether oxygens (including phenoxy) is 1. The Kier molecular flexibility index (Phi) is 4.90. The molecule has 1 unspecified atom stereocenters. The van der Waals surface area contributed by atoms with Gasteiger partial charge in [-0.25, -0.2) is 0 Å². The van der Waals surface area contributed by atoms with Crippen LogP contribution < -0.4 is 10.1 Å². The fraction of sp³-hybridized carbons (Fsp3) is 0.438. The zero-order chi connectivity index (χ0) is 16.2. The number of halogens is 3. The van der Waals surface area contributed by atoms with E-state index in [1.165, 1.54) is 24.3 Å². The molecule has 3 nitrogen and oxygen atoms in total. The highest BCUT2D eigenvalue weighted by Gasteiger charge is 2.40. The minimum Gasteiger partial charge on any atom is -0.406 e. The normalized spacial score (nSPS) is 21.6. The maximum Gasteiger partial charge on any atom is 0.573 e. The number of hydrogen-bond acceptors (Lipinski definition) is 3. The molecule has 1 aliphatic rings. The summed E-state index contributed by atoms with van der Waals surface area (Å²) >= 11 is 0. The first kappa shape index (κ1) is 16.5. The minimum absolute atomic E-state index is 0.0436. The largest absolute Gasteiger partial charge is 0.573 e. The van der Waals surface area contributed by atoms with Crippen LogP contribution in [0.3, 0.4) is 0 Å². The van der Waals surface area contributed by atoms with Crippen LogP contribution in [0.5, 0.6) is 5.75 Å². The van der Waals surface area contributed by atoms with Gasteiger partial charge in [0.2, 0.25) is 0 Å². The maximum absolute atomic E-state index is 12.7. The summed E-state index contributed by atoms with van der Waals surface area (Å²) in [6.45, 7) is 5.02. The number of allylic oxidation sites excluding steroid dienone is 1. The SMILES string of the molecule is C=CCCC1(C(=O)c2ccc(OC(F)(F)F)cc2)CCNC1. The van der Waals surface area contributed by atoms with Gasteiger partial charge in [-0.15, -0.1) is 19.8 Å². The summed E-state index contributed by atoms with van der Waals surface area (Å²) in [5, 5.41) is 3.19. The van der Waals surface area contributed by atoms with E-state index in [1.54, 1.807) is 6.08 Å². The number of benzene rings is 1. The molecule has 0 amide bonds. The number of rotatable bonds is 6. The van der Waals surface area contributed by atoms with Crippen molar-refractivity contribution in [3.8, 4) is 5.75 Å². The van der Waals surface area contributed by atoms with E-state index < -0.39 is 11.8 Å². The smallest absolute Gasteiger partial charge is 0.406 e. The van der Waals surface area contributed by atoms with E-state index in [9.17, 15) is 18.0 Å². The molecule has 1 aliphatic heterocycles. The summed E-state index contributed by atoms with van der Waals surface area (Å²) in [5.74, 6) is -0.369. The number of ketones is 1. The first-order valence-electron chi connectivity index (χ1n) is 7.08. The number of Topliss-reactive ketones (excluding diaryl/α,β-unsaturated/α-hetero) is 1. The monoisotopic (exact) mass is 313 g/mol. The summed E-state index contributed by atoms with van der Waals surface area (Å²) in [4.78, 5) is 12.7. The standard InChI is InChI=1S/C16H18F3NO2/c1-2-3-8-15(9-10-20-11-15)14(21)12-4-6-13(7-5-12)22-16(17,18)19/h2,4-7,20H,1,3,8-11H2. The summed E-state index contributed by atoms with van der Waals surface area (Å²) in [6, 6.07) is 5.11. The van der Waals surface area contributed by atoms with Crippen molar-refractivity contribution in [3.63, 3.8) is 0 Å². The van der Waals surface area contributed by atoms with Crippen LogP contribution in [0.15, 0.2) is 36.9 Å². The lowest BCUT2D eigenvalue weighted by atomic mass is 9.76. The van der Waals surface area contributed by atoms with Gasteiger partial charge in [0.25, 0.3) is 0 Å². The van der Waals surface area contributed by atoms with Crippen LogP contribution >= 0.6 is 0 Å². The van der Waals surface area contributed by atoms with Crippen LogP contribution in [0.4, 0.5) is 13.2 Å². The van der Waals surface area contributed by atoms with E-state index in [0.29, 0.717) is 18.5 Å². The molecule has 1 saturated heterocycles. The van der Waals surface area contributed by atoms with Crippen molar-refractivity contribution in [1.29, 1.82) is 0 Å². The Morgan fingerprint density at radius 2 is 2.05 bits per heavy atom. The summed E-state index contributed by atoms with van der Waals surface area (Å²) in [7, 11) is 0. The first-order valence-corrected chi connectivity index (χ1v) is 7.08. The first-order chi connectivity index (χ1) is 10.4. The molecule has 0 saturated carbocycles. The summed E-state index contributed by atoms with van der Waals surface area (Å²) in [6.07, 6.45) is -0.827. The molecule has 120 valence electrons. The van der Waals surface area contributed by atoms with E-state index in [-0.39, 0.29) is 11.5 Å². The molecule has 1 N–H and O–H groups in total. The van der Waals surface area contributed by atoms with E-state index >= 15 is 0 Å². The highest BCUT2D eigenvalue weighted by molar-refractivity contribution is 6.01. The van der Waals surface area contributed by atoms with Gasteiger partial charge in [-0.3, -0.25) is 4.79 Å². The third kappa shape index (κ3) is 3.88. The minimum atomic E-state index is -4.73. The Bertz CT molecular complexity index is 531. The fourth-order valence-corrected chi connectivity index (χ4v) is 2.76. The lowest BCUT2D eigenvalue weighted by Gasteiger charge is -2.26. The van der Waals surface area contributed by atoms with Gasteiger partial charge in [-0.1, -0.05) is 6.08 Å². The van der Waals surface area contributed by atoms with E-state index in [0.717, 1.165) is 19.4 Å². The number of carbonyl (C=O) groups excluding carboxylic acids is 1. The Hall–Kier alpha value is -1.82. The van der Waals surface area contributed by atoms with Crippen LogP contribution in [0.1, 0.15) is 29.6 Å². The van der Waals surface area contributed by atoms with Crippen LogP contribution in [0, 0.1) is 5.41 Å². The second-order valence-corrected chi connectivity index (χ2v) is 5.44. The van der Waals surface area contributed by atoms with Crippen LogP contribution in [-0.4, -0.2) is 25.2 Å². The quantitative estimate of drug-likeness (QED) is 0.642. The Morgan fingerprint density at radius 1 is 1.36 bits per heavy atom. The van der Waals surface area contributed by atoms with Gasteiger partial charge >= 0.3 is 6.36 Å². The zero-order valence-corrected chi connectivity index (χ0v) is 12.1. The van der Waals surface area contributed by atoms with E-state index in [1.807, 2.05) is 0 Å². The average Bonchev–Trinajstić information content (AvgIpc) is 2.93. The highest BCUT2D eigenvalue weighted by Crippen LogP contribution is 2.35. The average molecular weight is 313 g/mol. The molecular weight excluding hydrogens is 295 g/mol. The highest BCUT2D eigenvalue weighted by atomic mass is 19.4. The van der Waals surface area contributed by atoms with Crippen LogP contribution in [0.25, 0.3) is 0 Å². The van der Waals surface area contributed by atoms with Gasteiger partial charge < -0.3 is 10.1 Å². The molecule has 1 fully saturated rings. The molecule has 6 heteroatoms. The van der Waals surface area contributed by atoms with Gasteiger partial charge in [0.15, 0.2) is 5.78 Å². The molecule has 1 aromatic rings. The molecule has 0 spiro atoms. The number of alkyl halides is 3. The fourth-order valence-electron chi connectivity index (χ4n) is 2.76. The van der Waals surface area contributed by atoms with Crippen molar-refractivity contribution < 1.29 is 22.7 Å². The van der Waals surface area contributed by atoms with Crippen molar-refractivity contribution in [1.82, 2.24) is 5.32 Å².